The number of aromatic amines is 1. The van der Waals surface area contributed by atoms with E-state index in [0.717, 1.165) is 36.9 Å². The smallest absolute Gasteiger partial charge is 0.275 e. The molecule has 0 radical (unpaired) electrons. The topological polar surface area (TPSA) is 120 Å². The molecule has 176 valence electrons. The molecule has 1 fully saturated rings. The number of nitrogens with one attached hydrogen (secondary N) is 2. The molecule has 3 aromatic rings. The van der Waals surface area contributed by atoms with Crippen molar-refractivity contribution in [3.8, 4) is 5.88 Å². The number of aromatic nitrogens is 6. The number of hydrogen-bond donors (Lipinski definition) is 2. The molecule has 0 atom stereocenters. The number of nitrogens with zero attached hydrogens (tertiary/aromatic N) is 5. The minimum Gasteiger partial charge on any atom is -0.473 e. The Kier molecular flexibility index (Phi) is 7.02. The predicted octanol–water partition coefficient (Wildman–Crippen LogP) is 3.56. The summed E-state index contributed by atoms with van der Waals surface area (Å²) in [7, 11) is 3.33. The summed E-state index contributed by atoms with van der Waals surface area (Å²) < 4.78 is 12.8. The number of methoxy groups -OCH3 is 1. The number of ether oxygens (including phenoxy) is 2. The third kappa shape index (κ3) is 5.39. The lowest BCUT2D eigenvalue weighted by atomic mass is 9.85. The summed E-state index contributed by atoms with van der Waals surface area (Å²) in [5.74, 6) is 1.57. The molecule has 1 aliphatic rings. The zero-order valence-corrected chi connectivity index (χ0v) is 19.5. The fourth-order valence-electron chi connectivity index (χ4n) is 4.26. The van der Waals surface area contributed by atoms with Crippen LogP contribution in [0.1, 0.15) is 78.8 Å². The van der Waals surface area contributed by atoms with Gasteiger partial charge in [0.1, 0.15) is 11.8 Å². The molecule has 3 aromatic heterocycles. The number of aryl methyl sites for hydroxylation is 1. The predicted molar refractivity (Wildman–Crippen MR) is 122 cm³/mol. The van der Waals surface area contributed by atoms with Gasteiger partial charge >= 0.3 is 0 Å². The molecule has 0 unspecified atom stereocenters. The van der Waals surface area contributed by atoms with E-state index in [9.17, 15) is 4.79 Å². The molecule has 0 bridgehead atoms. The summed E-state index contributed by atoms with van der Waals surface area (Å²) in [5, 5.41) is 22.7. The lowest BCUT2D eigenvalue weighted by molar-refractivity contribution is 0.101. The number of rotatable bonds is 8. The minimum absolute atomic E-state index is 0.128. The highest BCUT2D eigenvalue weighted by Gasteiger charge is 2.26. The highest BCUT2D eigenvalue weighted by Crippen LogP contribution is 2.35. The molecule has 1 amide bonds. The molecular formula is C23H31N7O3. The molecular weight excluding hydrogens is 422 g/mol. The first-order chi connectivity index (χ1) is 15.9. The molecule has 4 rings (SSSR count). The molecule has 10 heteroatoms. The van der Waals surface area contributed by atoms with E-state index in [4.69, 9.17) is 9.47 Å². The van der Waals surface area contributed by atoms with Crippen LogP contribution in [0.3, 0.4) is 0 Å². The van der Waals surface area contributed by atoms with Gasteiger partial charge in [-0.1, -0.05) is 13.8 Å². The van der Waals surface area contributed by atoms with Crippen LogP contribution in [0.25, 0.3) is 0 Å². The highest BCUT2D eigenvalue weighted by atomic mass is 16.5. The maximum atomic E-state index is 12.6. The van der Waals surface area contributed by atoms with Crippen molar-refractivity contribution in [3.63, 3.8) is 0 Å². The van der Waals surface area contributed by atoms with E-state index in [0.29, 0.717) is 41.5 Å². The van der Waals surface area contributed by atoms with Gasteiger partial charge in [0.05, 0.1) is 18.5 Å². The van der Waals surface area contributed by atoms with Gasteiger partial charge in [0, 0.05) is 37.4 Å². The van der Waals surface area contributed by atoms with E-state index in [1.165, 1.54) is 0 Å². The van der Waals surface area contributed by atoms with Crippen molar-refractivity contribution in [3.05, 3.63) is 47.0 Å². The summed E-state index contributed by atoms with van der Waals surface area (Å²) >= 11 is 0. The van der Waals surface area contributed by atoms with Crippen LogP contribution in [-0.2, 0) is 18.4 Å². The average molecular weight is 454 g/mol. The number of H-pyrrole nitrogens is 1. The first-order valence-corrected chi connectivity index (χ1v) is 11.3. The van der Waals surface area contributed by atoms with Gasteiger partial charge in [-0.25, -0.2) is 0 Å². The second-order valence-corrected chi connectivity index (χ2v) is 8.78. The number of hydrogen-bond acceptors (Lipinski definition) is 7. The van der Waals surface area contributed by atoms with E-state index in [-0.39, 0.29) is 12.0 Å². The zero-order chi connectivity index (χ0) is 23.4. The summed E-state index contributed by atoms with van der Waals surface area (Å²) in [6.45, 7) is 4.61. The van der Waals surface area contributed by atoms with Crippen molar-refractivity contribution >= 4 is 11.7 Å². The summed E-state index contributed by atoms with van der Waals surface area (Å²) in [5.41, 5.74) is 3.27. The minimum atomic E-state index is -0.257. The Morgan fingerprint density at radius 3 is 2.79 bits per heavy atom. The van der Waals surface area contributed by atoms with E-state index in [1.807, 2.05) is 12.1 Å². The summed E-state index contributed by atoms with van der Waals surface area (Å²) in [6.07, 6.45) is 5.64. The Bertz CT molecular complexity index is 1080. The van der Waals surface area contributed by atoms with Gasteiger partial charge in [0.15, 0.2) is 5.82 Å². The van der Waals surface area contributed by atoms with Crippen molar-refractivity contribution in [1.82, 2.24) is 30.2 Å². The maximum absolute atomic E-state index is 12.6. The van der Waals surface area contributed by atoms with Gasteiger partial charge in [-0.2, -0.15) is 15.3 Å². The standard InChI is InChI=1S/C23H31N7O3/c1-14(2)18-9-10-24-28-23(18)33-17-7-5-15(6-8-17)19-12-21(27-26-19)25-22(31)20-11-16(13-32-4)29-30(20)3/h9-12,14-15,17H,5-8,13H2,1-4H3,(H2,25,26,27,31). The molecule has 0 aromatic carbocycles. The van der Waals surface area contributed by atoms with Crippen LogP contribution >= 0.6 is 0 Å². The Labute approximate surface area is 193 Å². The lowest BCUT2D eigenvalue weighted by Crippen LogP contribution is -2.24. The highest BCUT2D eigenvalue weighted by molar-refractivity contribution is 6.02. The molecule has 33 heavy (non-hydrogen) atoms. The molecule has 1 aliphatic carbocycles. The van der Waals surface area contributed by atoms with Crippen LogP contribution in [0.2, 0.25) is 0 Å². The molecule has 1 saturated carbocycles. The second-order valence-electron chi connectivity index (χ2n) is 8.78. The Morgan fingerprint density at radius 1 is 1.27 bits per heavy atom. The molecule has 0 spiro atoms. The van der Waals surface area contributed by atoms with Crippen molar-refractivity contribution in [2.24, 2.45) is 7.05 Å². The largest absolute Gasteiger partial charge is 0.473 e. The van der Waals surface area contributed by atoms with Crippen LogP contribution in [0, 0.1) is 0 Å². The lowest BCUT2D eigenvalue weighted by Gasteiger charge is -2.28. The summed E-state index contributed by atoms with van der Waals surface area (Å²) in [6, 6.07) is 5.61. The van der Waals surface area contributed by atoms with Crippen molar-refractivity contribution < 1.29 is 14.3 Å². The maximum Gasteiger partial charge on any atom is 0.275 e. The van der Waals surface area contributed by atoms with Crippen LogP contribution in [0.5, 0.6) is 5.88 Å². The number of carbonyl (C=O) groups excluding carboxylic acids is 1. The van der Waals surface area contributed by atoms with Gasteiger partial charge < -0.3 is 14.8 Å². The molecule has 0 aliphatic heterocycles. The quantitative estimate of drug-likeness (QED) is 0.535. The van der Waals surface area contributed by atoms with Crippen LogP contribution in [0.4, 0.5) is 5.82 Å². The van der Waals surface area contributed by atoms with Gasteiger partial charge in [0.2, 0.25) is 5.88 Å². The Morgan fingerprint density at radius 2 is 2.06 bits per heavy atom. The van der Waals surface area contributed by atoms with E-state index in [2.05, 4.69) is 44.7 Å². The Balaban J connectivity index is 1.32. The SMILES string of the molecule is COCc1cc(C(=O)Nc2cc(C3CCC(Oc4nnccc4C(C)C)CC3)[nH]n2)n(C)n1. The first-order valence-electron chi connectivity index (χ1n) is 11.3. The number of anilines is 1. The van der Waals surface area contributed by atoms with Crippen molar-refractivity contribution in [2.45, 2.75) is 64.1 Å². The van der Waals surface area contributed by atoms with Gasteiger partial charge in [-0.05, 0) is 43.7 Å². The number of carbonyl (C=O) groups is 1. The van der Waals surface area contributed by atoms with Crippen LogP contribution < -0.4 is 10.1 Å². The second kappa shape index (κ2) is 10.1. The van der Waals surface area contributed by atoms with E-state index >= 15 is 0 Å². The molecule has 0 saturated heterocycles. The van der Waals surface area contributed by atoms with Gasteiger partial charge in [0.25, 0.3) is 5.91 Å². The number of amides is 1. The fraction of sp³-hybridized carbons (Fsp3) is 0.522. The zero-order valence-electron chi connectivity index (χ0n) is 19.5. The molecule has 10 nitrogen and oxygen atoms in total. The normalized spacial score (nSPS) is 18.5. The van der Waals surface area contributed by atoms with Gasteiger partial charge in [-0.3, -0.25) is 14.6 Å². The monoisotopic (exact) mass is 453 g/mol. The van der Waals surface area contributed by atoms with Crippen molar-refractivity contribution in [1.29, 1.82) is 0 Å². The van der Waals surface area contributed by atoms with E-state index in [1.54, 1.807) is 31.1 Å². The average Bonchev–Trinajstić information content (AvgIpc) is 3.41. The first kappa shape index (κ1) is 22.9. The third-order valence-corrected chi connectivity index (χ3v) is 6.03. The van der Waals surface area contributed by atoms with Crippen LogP contribution in [-0.4, -0.2) is 49.3 Å². The Hall–Kier alpha value is -3.27. The molecule has 3 heterocycles. The molecule has 2 N–H and O–H groups in total. The fourth-order valence-corrected chi connectivity index (χ4v) is 4.26. The third-order valence-electron chi connectivity index (χ3n) is 6.03. The van der Waals surface area contributed by atoms with Crippen LogP contribution in [0.15, 0.2) is 24.4 Å². The summed E-state index contributed by atoms with van der Waals surface area (Å²) in [4.78, 5) is 12.6. The van der Waals surface area contributed by atoms with Gasteiger partial charge in [-0.15, -0.1) is 5.10 Å². The van der Waals surface area contributed by atoms with E-state index < -0.39 is 0 Å². The van der Waals surface area contributed by atoms with Crippen molar-refractivity contribution in [2.75, 3.05) is 12.4 Å².